The van der Waals surface area contributed by atoms with Crippen LogP contribution in [0.1, 0.15) is 75.4 Å². The van der Waals surface area contributed by atoms with Crippen LogP contribution in [0, 0.1) is 19.8 Å². The Morgan fingerprint density at radius 3 is 2.37 bits per heavy atom. The maximum absolute atomic E-state index is 6.60. The van der Waals surface area contributed by atoms with E-state index in [1.807, 2.05) is 29.1 Å². The van der Waals surface area contributed by atoms with E-state index in [2.05, 4.69) is 131 Å². The molecule has 3 aromatic heterocycles. The summed E-state index contributed by atoms with van der Waals surface area (Å²) in [6, 6.07) is 36.4. The Morgan fingerprint density at radius 2 is 1.57 bits per heavy atom. The number of fused-ring (bicyclic) bond motifs is 3. The fraction of sp³-hybridized carbons (Fsp3) is 0.273. The lowest BCUT2D eigenvalue weighted by atomic mass is 9.88. The molecule has 4 aromatic carbocycles. The molecular weight excluding hydrogens is 601 g/mol. The van der Waals surface area contributed by atoms with Crippen molar-refractivity contribution in [2.45, 2.75) is 73.1 Å². The van der Waals surface area contributed by atoms with Crippen LogP contribution < -0.4 is 4.74 Å². The third-order valence-corrected chi connectivity index (χ3v) is 9.97. The van der Waals surface area contributed by atoms with Crippen molar-refractivity contribution in [2.24, 2.45) is 5.92 Å². The van der Waals surface area contributed by atoms with Crippen LogP contribution in [-0.2, 0) is 6.42 Å². The lowest BCUT2D eigenvalue weighted by molar-refractivity contribution is 0.449. The standard InChI is InChI=1S/C44H46N4O/c1-7-13-29(3)24-30(4)35-18-21-41-40(26-35)39-20-19-38(28-42(39)47(41)43-25-33(8-2)22-23-45-43)49-37-17-12-16-36(27-37)48-32(6)44(31(5)46-48)34-14-10-9-11-15-34/h9-12,14-23,25-30H,7-8,13,24H2,1-6H3. The monoisotopic (exact) mass is 646 g/mol. The summed E-state index contributed by atoms with van der Waals surface area (Å²) in [6.45, 7) is 13.4. The van der Waals surface area contributed by atoms with Crippen molar-refractivity contribution >= 4 is 21.8 Å². The Bertz CT molecular complexity index is 2240. The number of ether oxygens (including phenoxy) is 1. The smallest absolute Gasteiger partial charge is 0.137 e. The molecule has 49 heavy (non-hydrogen) atoms. The van der Waals surface area contributed by atoms with E-state index in [0.717, 1.165) is 51.8 Å². The van der Waals surface area contributed by atoms with Crippen LogP contribution in [0.25, 0.3) is 44.4 Å². The van der Waals surface area contributed by atoms with E-state index in [9.17, 15) is 0 Å². The number of nitrogens with zero attached hydrogens (tertiary/aromatic N) is 4. The average molecular weight is 647 g/mol. The summed E-state index contributed by atoms with van der Waals surface area (Å²) in [6.07, 6.45) is 6.58. The molecule has 0 amide bonds. The molecule has 3 heterocycles. The first-order valence-electron chi connectivity index (χ1n) is 17.8. The van der Waals surface area contributed by atoms with Crippen molar-refractivity contribution in [2.75, 3.05) is 0 Å². The van der Waals surface area contributed by atoms with Crippen LogP contribution in [0.4, 0.5) is 0 Å². The van der Waals surface area contributed by atoms with Crippen molar-refractivity contribution in [1.82, 2.24) is 19.3 Å². The lowest BCUT2D eigenvalue weighted by Gasteiger charge is -2.17. The summed E-state index contributed by atoms with van der Waals surface area (Å²) in [7, 11) is 0. The van der Waals surface area contributed by atoms with Crippen molar-refractivity contribution in [3.63, 3.8) is 0 Å². The summed E-state index contributed by atoms with van der Waals surface area (Å²) in [5, 5.41) is 7.37. The highest BCUT2D eigenvalue weighted by Crippen LogP contribution is 2.38. The first kappa shape index (κ1) is 32.4. The number of hydrogen-bond donors (Lipinski definition) is 0. The molecule has 0 bridgehead atoms. The van der Waals surface area contributed by atoms with Crippen LogP contribution in [0.3, 0.4) is 0 Å². The van der Waals surface area contributed by atoms with Gasteiger partial charge in [-0.2, -0.15) is 5.10 Å². The molecule has 0 aliphatic carbocycles. The van der Waals surface area contributed by atoms with Crippen LogP contribution in [0.15, 0.2) is 109 Å². The summed E-state index contributed by atoms with van der Waals surface area (Å²) >= 11 is 0. The highest BCUT2D eigenvalue weighted by atomic mass is 16.5. The molecule has 0 spiro atoms. The van der Waals surface area contributed by atoms with Crippen LogP contribution in [-0.4, -0.2) is 19.3 Å². The number of aryl methyl sites for hydroxylation is 2. The first-order chi connectivity index (χ1) is 23.8. The fourth-order valence-corrected chi connectivity index (χ4v) is 7.52. The van der Waals surface area contributed by atoms with Crippen molar-refractivity contribution in [1.29, 1.82) is 0 Å². The number of benzene rings is 4. The van der Waals surface area contributed by atoms with Gasteiger partial charge in [0.2, 0.25) is 0 Å². The van der Waals surface area contributed by atoms with Gasteiger partial charge in [0.05, 0.1) is 22.4 Å². The molecule has 0 N–H and O–H groups in total. The Morgan fingerprint density at radius 1 is 0.755 bits per heavy atom. The Hall–Kier alpha value is -5.16. The van der Waals surface area contributed by atoms with Gasteiger partial charge in [-0.05, 0) is 104 Å². The van der Waals surface area contributed by atoms with E-state index < -0.39 is 0 Å². The summed E-state index contributed by atoms with van der Waals surface area (Å²) < 4.78 is 10.9. The van der Waals surface area contributed by atoms with Gasteiger partial charge in [-0.1, -0.05) is 83.0 Å². The zero-order chi connectivity index (χ0) is 34.1. The molecule has 2 atom stereocenters. The second kappa shape index (κ2) is 13.8. The van der Waals surface area contributed by atoms with E-state index in [-0.39, 0.29) is 0 Å². The summed E-state index contributed by atoms with van der Waals surface area (Å²) in [5.41, 5.74) is 10.3. The fourth-order valence-electron chi connectivity index (χ4n) is 7.52. The van der Waals surface area contributed by atoms with Crippen molar-refractivity contribution < 1.29 is 4.74 Å². The van der Waals surface area contributed by atoms with Crippen LogP contribution >= 0.6 is 0 Å². The van der Waals surface area contributed by atoms with Gasteiger partial charge in [-0.3, -0.25) is 4.57 Å². The van der Waals surface area contributed by atoms with Crippen molar-refractivity contribution in [3.8, 4) is 34.1 Å². The van der Waals surface area contributed by atoms with E-state index in [4.69, 9.17) is 14.8 Å². The molecule has 0 aliphatic heterocycles. The second-order valence-electron chi connectivity index (χ2n) is 13.6. The first-order valence-corrected chi connectivity index (χ1v) is 17.8. The number of aromatic nitrogens is 4. The molecule has 7 aromatic rings. The van der Waals surface area contributed by atoms with Gasteiger partial charge in [0.15, 0.2) is 0 Å². The minimum atomic E-state index is 0.492. The Labute approximate surface area is 290 Å². The van der Waals surface area contributed by atoms with E-state index in [0.29, 0.717) is 11.8 Å². The lowest BCUT2D eigenvalue weighted by Crippen LogP contribution is -2.02. The second-order valence-corrected chi connectivity index (χ2v) is 13.6. The molecule has 5 nitrogen and oxygen atoms in total. The van der Waals surface area contributed by atoms with E-state index in [1.165, 1.54) is 52.3 Å². The van der Waals surface area contributed by atoms with Crippen molar-refractivity contribution in [3.05, 3.63) is 132 Å². The van der Waals surface area contributed by atoms with Crippen LogP contribution in [0.2, 0.25) is 0 Å². The third-order valence-electron chi connectivity index (χ3n) is 9.97. The van der Waals surface area contributed by atoms with Gasteiger partial charge in [0.1, 0.15) is 17.3 Å². The quantitative estimate of drug-likeness (QED) is 0.140. The van der Waals surface area contributed by atoms with Gasteiger partial charge in [0, 0.05) is 40.4 Å². The highest BCUT2D eigenvalue weighted by Gasteiger charge is 2.19. The largest absolute Gasteiger partial charge is 0.457 e. The zero-order valence-electron chi connectivity index (χ0n) is 29.6. The predicted octanol–water partition coefficient (Wildman–Crippen LogP) is 11.9. The minimum absolute atomic E-state index is 0.492. The molecule has 5 heteroatoms. The predicted molar refractivity (Wildman–Crippen MR) is 204 cm³/mol. The molecule has 0 saturated heterocycles. The normalized spacial score (nSPS) is 12.9. The topological polar surface area (TPSA) is 44.9 Å². The Kier molecular flexibility index (Phi) is 9.09. The molecule has 248 valence electrons. The van der Waals surface area contributed by atoms with E-state index in [1.54, 1.807) is 0 Å². The molecule has 0 aliphatic rings. The number of rotatable bonds is 11. The Balaban J connectivity index is 1.28. The van der Waals surface area contributed by atoms with Gasteiger partial charge in [-0.25, -0.2) is 9.67 Å². The molecule has 2 unspecified atom stereocenters. The molecule has 7 rings (SSSR count). The zero-order valence-corrected chi connectivity index (χ0v) is 29.6. The summed E-state index contributed by atoms with van der Waals surface area (Å²) in [4.78, 5) is 4.86. The van der Waals surface area contributed by atoms with Crippen LogP contribution in [0.5, 0.6) is 11.5 Å². The molecule has 0 saturated carbocycles. The number of hydrogen-bond acceptors (Lipinski definition) is 3. The summed E-state index contributed by atoms with van der Waals surface area (Å²) in [5.74, 6) is 3.67. The van der Waals surface area contributed by atoms with E-state index >= 15 is 0 Å². The maximum Gasteiger partial charge on any atom is 0.137 e. The molecule has 0 radical (unpaired) electrons. The number of pyridine rings is 1. The van der Waals surface area contributed by atoms with Gasteiger partial charge < -0.3 is 4.74 Å². The molecular formula is C44H46N4O. The van der Waals surface area contributed by atoms with Gasteiger partial charge >= 0.3 is 0 Å². The highest BCUT2D eigenvalue weighted by molar-refractivity contribution is 6.09. The van der Waals surface area contributed by atoms with Gasteiger partial charge in [-0.15, -0.1) is 0 Å². The molecule has 0 fully saturated rings. The van der Waals surface area contributed by atoms with Gasteiger partial charge in [0.25, 0.3) is 0 Å². The SMILES string of the molecule is CCCC(C)CC(C)c1ccc2c(c1)c1ccc(Oc3cccc(-n4nc(C)c(-c5ccccc5)c4C)c3)cc1n2-c1cc(CC)ccn1. The third kappa shape index (κ3) is 6.38. The maximum atomic E-state index is 6.60. The average Bonchev–Trinajstić information content (AvgIpc) is 3.60. The minimum Gasteiger partial charge on any atom is -0.457 e.